The Morgan fingerprint density at radius 2 is 2.10 bits per heavy atom. The number of hydrogen-bond donors (Lipinski definition) is 3. The summed E-state index contributed by atoms with van der Waals surface area (Å²) in [7, 11) is 0. The fourth-order valence-electron chi connectivity index (χ4n) is 1.72. The fourth-order valence-corrected chi connectivity index (χ4v) is 1.72. The minimum atomic E-state index is -0.625. The first kappa shape index (κ1) is 16.5. The summed E-state index contributed by atoms with van der Waals surface area (Å²) in [5.74, 6) is 0. The number of aliphatic hydroxyl groups is 1. The van der Waals surface area contributed by atoms with Gasteiger partial charge in [-0.15, -0.1) is 0 Å². The molecule has 0 aliphatic heterocycles. The van der Waals surface area contributed by atoms with Crippen LogP contribution in [0.15, 0.2) is 18.2 Å². The van der Waals surface area contributed by atoms with Crippen LogP contribution in [0.3, 0.4) is 0 Å². The first-order chi connectivity index (χ1) is 9.23. The molecule has 0 saturated carbocycles. The van der Waals surface area contributed by atoms with Gasteiger partial charge >= 0.3 is 6.09 Å². The van der Waals surface area contributed by atoms with Crippen molar-refractivity contribution >= 4 is 11.8 Å². The molecule has 5 nitrogen and oxygen atoms in total. The lowest BCUT2D eigenvalue weighted by Crippen LogP contribution is -2.27. The van der Waals surface area contributed by atoms with Crippen molar-refractivity contribution in [3.63, 3.8) is 0 Å². The third-order valence-corrected chi connectivity index (χ3v) is 2.72. The van der Waals surface area contributed by atoms with Gasteiger partial charge in [-0.3, -0.25) is 5.32 Å². The van der Waals surface area contributed by atoms with Crippen molar-refractivity contribution in [3.8, 4) is 0 Å². The maximum atomic E-state index is 11.8. The standard InChI is InChI=1S/C15H24N2O3/c1-10-5-6-11(13(18)7-8-16)9-12(10)17-14(19)20-15(2,3)4/h5-6,9,13,18H,7-8,16H2,1-4H3,(H,17,19). The molecule has 1 aromatic rings. The molecule has 0 radical (unpaired) electrons. The normalized spacial score (nSPS) is 12.9. The fraction of sp³-hybridized carbons (Fsp3) is 0.533. The molecule has 0 fully saturated rings. The number of aliphatic hydroxyl groups excluding tert-OH is 1. The third-order valence-electron chi connectivity index (χ3n) is 2.72. The van der Waals surface area contributed by atoms with Gasteiger partial charge in [-0.1, -0.05) is 12.1 Å². The highest BCUT2D eigenvalue weighted by molar-refractivity contribution is 5.86. The van der Waals surface area contributed by atoms with Crippen molar-refractivity contribution in [2.75, 3.05) is 11.9 Å². The largest absolute Gasteiger partial charge is 0.444 e. The Bertz CT molecular complexity index is 467. The van der Waals surface area contributed by atoms with Gasteiger partial charge in [0.15, 0.2) is 0 Å². The summed E-state index contributed by atoms with van der Waals surface area (Å²) < 4.78 is 5.21. The van der Waals surface area contributed by atoms with Crippen LogP contribution < -0.4 is 11.1 Å². The van der Waals surface area contributed by atoms with E-state index in [0.717, 1.165) is 11.1 Å². The number of nitrogens with two attached hydrogens (primary N) is 1. The maximum absolute atomic E-state index is 11.8. The highest BCUT2D eigenvalue weighted by atomic mass is 16.6. The Morgan fingerprint density at radius 1 is 1.45 bits per heavy atom. The van der Waals surface area contributed by atoms with E-state index in [1.165, 1.54) is 0 Å². The quantitative estimate of drug-likeness (QED) is 0.791. The van der Waals surface area contributed by atoms with Crippen LogP contribution in [0.2, 0.25) is 0 Å². The average Bonchev–Trinajstić information content (AvgIpc) is 2.29. The second kappa shape index (κ2) is 6.72. The van der Waals surface area contributed by atoms with Gasteiger partial charge in [0.2, 0.25) is 0 Å². The van der Waals surface area contributed by atoms with Gasteiger partial charge in [-0.25, -0.2) is 4.79 Å². The van der Waals surface area contributed by atoms with Crippen LogP contribution >= 0.6 is 0 Å². The first-order valence-corrected chi connectivity index (χ1v) is 6.71. The van der Waals surface area contributed by atoms with E-state index >= 15 is 0 Å². The Kier molecular flexibility index (Phi) is 5.53. The smallest absolute Gasteiger partial charge is 0.412 e. The number of nitrogens with one attached hydrogen (secondary N) is 1. The molecule has 1 unspecified atom stereocenters. The molecule has 0 bridgehead atoms. The second-order valence-electron chi connectivity index (χ2n) is 5.79. The van der Waals surface area contributed by atoms with Gasteiger partial charge in [0.1, 0.15) is 5.60 Å². The molecule has 0 aliphatic rings. The Hall–Kier alpha value is -1.59. The van der Waals surface area contributed by atoms with Gasteiger partial charge < -0.3 is 15.6 Å². The van der Waals surface area contributed by atoms with E-state index < -0.39 is 17.8 Å². The molecule has 0 heterocycles. The van der Waals surface area contributed by atoms with Crippen molar-refractivity contribution in [3.05, 3.63) is 29.3 Å². The van der Waals surface area contributed by atoms with Gasteiger partial charge in [0, 0.05) is 5.69 Å². The lowest BCUT2D eigenvalue weighted by Gasteiger charge is -2.20. The summed E-state index contributed by atoms with van der Waals surface area (Å²) in [4.78, 5) is 11.8. The second-order valence-corrected chi connectivity index (χ2v) is 5.79. The minimum absolute atomic E-state index is 0.407. The van der Waals surface area contributed by atoms with Crippen molar-refractivity contribution in [1.29, 1.82) is 0 Å². The highest BCUT2D eigenvalue weighted by Gasteiger charge is 2.17. The van der Waals surface area contributed by atoms with Crippen molar-refractivity contribution in [2.45, 2.75) is 45.8 Å². The van der Waals surface area contributed by atoms with Gasteiger partial charge in [0.25, 0.3) is 0 Å². The number of benzene rings is 1. The molecular formula is C15H24N2O3. The number of rotatable bonds is 4. The summed E-state index contributed by atoms with van der Waals surface area (Å²) in [6.45, 7) is 7.71. The highest BCUT2D eigenvalue weighted by Crippen LogP contribution is 2.23. The first-order valence-electron chi connectivity index (χ1n) is 6.71. The van der Waals surface area contributed by atoms with E-state index in [9.17, 15) is 9.90 Å². The summed E-state index contributed by atoms with van der Waals surface area (Å²) in [5, 5.41) is 12.6. The monoisotopic (exact) mass is 280 g/mol. The van der Waals surface area contributed by atoms with E-state index in [1.54, 1.807) is 26.8 Å². The molecule has 1 rings (SSSR count). The number of ether oxygens (including phenoxy) is 1. The molecule has 5 heteroatoms. The zero-order valence-electron chi connectivity index (χ0n) is 12.6. The molecule has 0 spiro atoms. The summed E-state index contributed by atoms with van der Waals surface area (Å²) in [6.07, 6.45) is -0.652. The van der Waals surface area contributed by atoms with Crippen LogP contribution in [0, 0.1) is 6.92 Å². The van der Waals surface area contributed by atoms with Crippen LogP contribution in [0.25, 0.3) is 0 Å². The zero-order valence-corrected chi connectivity index (χ0v) is 12.6. The van der Waals surface area contributed by atoms with E-state index in [1.807, 2.05) is 19.1 Å². The predicted molar refractivity (Wildman–Crippen MR) is 79.7 cm³/mol. The van der Waals surface area contributed by atoms with Crippen LogP contribution in [0.5, 0.6) is 0 Å². The Labute approximate surface area is 120 Å². The van der Waals surface area contributed by atoms with Crippen molar-refractivity contribution in [2.24, 2.45) is 5.73 Å². The van der Waals surface area contributed by atoms with Crippen LogP contribution in [-0.2, 0) is 4.74 Å². The van der Waals surface area contributed by atoms with Crippen LogP contribution in [0.1, 0.15) is 44.4 Å². The van der Waals surface area contributed by atoms with Crippen LogP contribution in [-0.4, -0.2) is 23.3 Å². The third kappa shape index (κ3) is 5.19. The molecule has 112 valence electrons. The van der Waals surface area contributed by atoms with Crippen molar-refractivity contribution in [1.82, 2.24) is 0 Å². The summed E-state index contributed by atoms with van der Waals surface area (Å²) in [5.41, 5.74) is 7.15. The topological polar surface area (TPSA) is 84.6 Å². The number of carbonyl (C=O) groups is 1. The molecule has 1 amide bonds. The minimum Gasteiger partial charge on any atom is -0.444 e. The van der Waals surface area contributed by atoms with Crippen LogP contribution in [0.4, 0.5) is 10.5 Å². The Morgan fingerprint density at radius 3 is 2.65 bits per heavy atom. The molecule has 0 aliphatic carbocycles. The predicted octanol–water partition coefficient (Wildman–Crippen LogP) is 2.72. The molecule has 1 atom stereocenters. The van der Waals surface area contributed by atoms with Gasteiger partial charge in [-0.05, 0) is 57.9 Å². The lowest BCUT2D eigenvalue weighted by atomic mass is 10.0. The van der Waals surface area contributed by atoms with Gasteiger partial charge in [-0.2, -0.15) is 0 Å². The molecule has 0 aromatic heterocycles. The summed E-state index contributed by atoms with van der Waals surface area (Å²) >= 11 is 0. The number of hydrogen-bond acceptors (Lipinski definition) is 4. The zero-order chi connectivity index (χ0) is 15.3. The molecule has 1 aromatic carbocycles. The average molecular weight is 280 g/mol. The van der Waals surface area contributed by atoms with E-state index in [0.29, 0.717) is 18.7 Å². The lowest BCUT2D eigenvalue weighted by molar-refractivity contribution is 0.0635. The van der Waals surface area contributed by atoms with Crippen molar-refractivity contribution < 1.29 is 14.6 Å². The Balaban J connectivity index is 2.84. The number of anilines is 1. The molecule has 20 heavy (non-hydrogen) atoms. The van der Waals surface area contributed by atoms with E-state index in [2.05, 4.69) is 5.32 Å². The SMILES string of the molecule is Cc1ccc(C(O)CCN)cc1NC(=O)OC(C)(C)C. The molecule has 4 N–H and O–H groups in total. The molecule has 0 saturated heterocycles. The van der Waals surface area contributed by atoms with Gasteiger partial charge in [0.05, 0.1) is 6.10 Å². The maximum Gasteiger partial charge on any atom is 0.412 e. The number of aryl methyl sites for hydroxylation is 1. The summed E-state index contributed by atoms with van der Waals surface area (Å²) in [6, 6.07) is 5.43. The molecular weight excluding hydrogens is 256 g/mol. The van der Waals surface area contributed by atoms with E-state index in [4.69, 9.17) is 10.5 Å². The number of carbonyl (C=O) groups excluding carboxylic acids is 1. The van der Waals surface area contributed by atoms with E-state index in [-0.39, 0.29) is 0 Å². The number of amides is 1.